The fraction of sp³-hybridized carbons (Fsp3) is 0.320. The van der Waals surface area contributed by atoms with E-state index in [1.165, 1.54) is 0 Å². The summed E-state index contributed by atoms with van der Waals surface area (Å²) in [6.07, 6.45) is 5.34. The van der Waals surface area contributed by atoms with Crippen LogP contribution in [0.2, 0.25) is 0 Å². The highest BCUT2D eigenvalue weighted by molar-refractivity contribution is 6.13. The van der Waals surface area contributed by atoms with Gasteiger partial charge in [-0.2, -0.15) is 0 Å². The van der Waals surface area contributed by atoms with Crippen molar-refractivity contribution in [1.82, 2.24) is 19.9 Å². The van der Waals surface area contributed by atoms with Crippen molar-refractivity contribution in [3.05, 3.63) is 55.0 Å². The fourth-order valence-electron chi connectivity index (χ4n) is 4.31. The van der Waals surface area contributed by atoms with Crippen molar-refractivity contribution < 1.29 is 9.53 Å². The summed E-state index contributed by atoms with van der Waals surface area (Å²) in [7, 11) is 0. The van der Waals surface area contributed by atoms with Gasteiger partial charge in [0.25, 0.3) is 0 Å². The lowest BCUT2D eigenvalue weighted by molar-refractivity contribution is 0.0240. The standard InChI is InChI=1S/C25H27N5O2/c1-25(2,3)32-24(31)30-14-12-29(13-15-30)21-16-26-10-8-17(21)18-9-11-27-23-22(18)19-6-4-5-7-20(19)28-23/h4-11,16H,12-15H2,1-3H3,(H,27,28). The van der Waals surface area contributed by atoms with Gasteiger partial charge in [0.2, 0.25) is 0 Å². The number of carbonyl (C=O) groups excluding carboxylic acids is 1. The monoisotopic (exact) mass is 429 g/mol. The number of nitrogens with one attached hydrogen (secondary N) is 1. The van der Waals surface area contributed by atoms with Gasteiger partial charge in [-0.1, -0.05) is 18.2 Å². The number of hydrogen-bond acceptors (Lipinski definition) is 5. The summed E-state index contributed by atoms with van der Waals surface area (Å²) in [6.45, 7) is 8.35. The maximum atomic E-state index is 12.4. The summed E-state index contributed by atoms with van der Waals surface area (Å²) >= 11 is 0. The molecule has 0 atom stereocenters. The van der Waals surface area contributed by atoms with E-state index in [4.69, 9.17) is 4.74 Å². The van der Waals surface area contributed by atoms with Gasteiger partial charge < -0.3 is 19.5 Å². The number of anilines is 1. The molecule has 0 aliphatic carbocycles. The minimum absolute atomic E-state index is 0.252. The lowest BCUT2D eigenvalue weighted by Crippen LogP contribution is -2.50. The van der Waals surface area contributed by atoms with Crippen molar-refractivity contribution >= 4 is 33.7 Å². The van der Waals surface area contributed by atoms with E-state index in [9.17, 15) is 4.79 Å². The van der Waals surface area contributed by atoms with Crippen LogP contribution in [0.1, 0.15) is 20.8 Å². The maximum Gasteiger partial charge on any atom is 0.410 e. The molecule has 1 fully saturated rings. The normalized spacial score (nSPS) is 14.8. The van der Waals surface area contributed by atoms with E-state index < -0.39 is 5.60 Å². The Labute approximate surface area is 187 Å². The number of aromatic amines is 1. The molecule has 4 aromatic rings. The van der Waals surface area contributed by atoms with Crippen LogP contribution in [0, 0.1) is 0 Å². The number of hydrogen-bond donors (Lipinski definition) is 1. The molecule has 32 heavy (non-hydrogen) atoms. The number of amides is 1. The highest BCUT2D eigenvalue weighted by atomic mass is 16.6. The number of H-pyrrole nitrogens is 1. The van der Waals surface area contributed by atoms with E-state index in [0.29, 0.717) is 13.1 Å². The van der Waals surface area contributed by atoms with Crippen LogP contribution in [-0.4, -0.2) is 57.7 Å². The quantitative estimate of drug-likeness (QED) is 0.494. The van der Waals surface area contributed by atoms with E-state index in [-0.39, 0.29) is 6.09 Å². The molecule has 5 rings (SSSR count). The van der Waals surface area contributed by atoms with Crippen molar-refractivity contribution in [3.8, 4) is 11.1 Å². The van der Waals surface area contributed by atoms with Crippen LogP contribution in [0.3, 0.4) is 0 Å². The molecular formula is C25H27N5O2. The summed E-state index contributed by atoms with van der Waals surface area (Å²) in [5.74, 6) is 0. The van der Waals surface area contributed by atoms with Gasteiger partial charge in [0.15, 0.2) is 0 Å². The number of ether oxygens (including phenoxy) is 1. The molecule has 4 heterocycles. The molecule has 0 bridgehead atoms. The Morgan fingerprint density at radius 2 is 1.75 bits per heavy atom. The minimum Gasteiger partial charge on any atom is -0.444 e. The number of pyridine rings is 2. The average molecular weight is 430 g/mol. The summed E-state index contributed by atoms with van der Waals surface area (Å²) in [5, 5.41) is 2.27. The van der Waals surface area contributed by atoms with Crippen molar-refractivity contribution in [2.75, 3.05) is 31.1 Å². The Kier molecular flexibility index (Phi) is 4.96. The summed E-state index contributed by atoms with van der Waals surface area (Å²) in [4.78, 5) is 28.9. The van der Waals surface area contributed by atoms with Gasteiger partial charge in [-0.15, -0.1) is 0 Å². The van der Waals surface area contributed by atoms with Crippen molar-refractivity contribution in [2.24, 2.45) is 0 Å². The second kappa shape index (κ2) is 7.82. The number of para-hydroxylation sites is 1. The van der Waals surface area contributed by atoms with Crippen LogP contribution in [0.15, 0.2) is 55.0 Å². The van der Waals surface area contributed by atoms with E-state index in [2.05, 4.69) is 50.2 Å². The highest BCUT2D eigenvalue weighted by Gasteiger charge is 2.27. The first-order valence-electron chi connectivity index (χ1n) is 10.9. The van der Waals surface area contributed by atoms with E-state index in [1.54, 1.807) is 4.90 Å². The van der Waals surface area contributed by atoms with E-state index in [0.717, 1.165) is 51.8 Å². The zero-order valence-electron chi connectivity index (χ0n) is 18.6. The SMILES string of the molecule is CC(C)(C)OC(=O)N1CCN(c2cnccc2-c2ccnc3[nH]c4ccccc4c23)CC1. The predicted octanol–water partition coefficient (Wildman–Crippen LogP) is 4.84. The Balaban J connectivity index is 1.47. The molecular weight excluding hydrogens is 402 g/mol. The average Bonchev–Trinajstić information content (AvgIpc) is 3.17. The van der Waals surface area contributed by atoms with Gasteiger partial charge in [0.05, 0.1) is 11.9 Å². The molecule has 1 amide bonds. The first-order valence-corrected chi connectivity index (χ1v) is 10.9. The molecule has 1 saturated heterocycles. The number of carbonyl (C=O) groups is 1. The molecule has 7 heteroatoms. The molecule has 0 saturated carbocycles. The lowest BCUT2D eigenvalue weighted by atomic mass is 10.0. The van der Waals surface area contributed by atoms with Gasteiger partial charge >= 0.3 is 6.09 Å². The van der Waals surface area contributed by atoms with Gasteiger partial charge in [0, 0.05) is 60.4 Å². The lowest BCUT2D eigenvalue weighted by Gasteiger charge is -2.37. The van der Waals surface area contributed by atoms with Gasteiger partial charge in [0.1, 0.15) is 11.2 Å². The number of piperazine rings is 1. The third kappa shape index (κ3) is 3.75. The predicted molar refractivity (Wildman–Crippen MR) is 127 cm³/mol. The minimum atomic E-state index is -0.489. The Hall–Kier alpha value is -3.61. The number of fused-ring (bicyclic) bond motifs is 3. The number of nitrogens with zero attached hydrogens (tertiary/aromatic N) is 4. The second-order valence-corrected chi connectivity index (χ2v) is 9.10. The first kappa shape index (κ1) is 20.3. The molecule has 1 aromatic carbocycles. The number of aromatic nitrogens is 3. The van der Waals surface area contributed by atoms with Crippen LogP contribution in [-0.2, 0) is 4.74 Å². The van der Waals surface area contributed by atoms with Crippen LogP contribution in [0.4, 0.5) is 10.5 Å². The third-order valence-electron chi connectivity index (χ3n) is 5.76. The summed E-state index contributed by atoms with van der Waals surface area (Å²) < 4.78 is 5.54. The molecule has 164 valence electrons. The molecule has 3 aromatic heterocycles. The topological polar surface area (TPSA) is 74.3 Å². The largest absolute Gasteiger partial charge is 0.444 e. The molecule has 0 spiro atoms. The molecule has 1 aliphatic heterocycles. The third-order valence-corrected chi connectivity index (χ3v) is 5.76. The summed E-state index contributed by atoms with van der Waals surface area (Å²) in [6, 6.07) is 12.4. The van der Waals surface area contributed by atoms with E-state index in [1.807, 2.05) is 45.4 Å². The van der Waals surface area contributed by atoms with E-state index >= 15 is 0 Å². The zero-order chi connectivity index (χ0) is 22.3. The first-order chi connectivity index (χ1) is 15.4. The molecule has 7 nitrogen and oxygen atoms in total. The van der Waals surface area contributed by atoms with Crippen molar-refractivity contribution in [1.29, 1.82) is 0 Å². The smallest absolute Gasteiger partial charge is 0.410 e. The number of benzene rings is 1. The van der Waals surface area contributed by atoms with Crippen LogP contribution < -0.4 is 4.90 Å². The van der Waals surface area contributed by atoms with Crippen LogP contribution >= 0.6 is 0 Å². The molecule has 0 radical (unpaired) electrons. The van der Waals surface area contributed by atoms with Gasteiger partial charge in [-0.05, 0) is 44.5 Å². The molecule has 0 unspecified atom stereocenters. The molecule has 1 aliphatic rings. The highest BCUT2D eigenvalue weighted by Crippen LogP contribution is 2.38. The van der Waals surface area contributed by atoms with Crippen molar-refractivity contribution in [3.63, 3.8) is 0 Å². The van der Waals surface area contributed by atoms with Gasteiger partial charge in [-0.25, -0.2) is 9.78 Å². The van der Waals surface area contributed by atoms with Crippen LogP contribution in [0.5, 0.6) is 0 Å². The maximum absolute atomic E-state index is 12.4. The fourth-order valence-corrected chi connectivity index (χ4v) is 4.31. The Morgan fingerprint density at radius 1 is 1.00 bits per heavy atom. The van der Waals surface area contributed by atoms with Crippen molar-refractivity contribution in [2.45, 2.75) is 26.4 Å². The van der Waals surface area contributed by atoms with Crippen LogP contribution in [0.25, 0.3) is 33.1 Å². The zero-order valence-corrected chi connectivity index (χ0v) is 18.6. The second-order valence-electron chi connectivity index (χ2n) is 9.10. The molecule has 1 N–H and O–H groups in total. The Bertz CT molecular complexity index is 1280. The Morgan fingerprint density at radius 3 is 2.53 bits per heavy atom. The van der Waals surface area contributed by atoms with Gasteiger partial charge in [-0.3, -0.25) is 4.98 Å². The summed E-state index contributed by atoms with van der Waals surface area (Å²) in [5.41, 5.74) is 4.76. The number of rotatable bonds is 2.